The molecule has 146 valence electrons. The van der Waals surface area contributed by atoms with Gasteiger partial charge in [-0.1, -0.05) is 6.08 Å². The van der Waals surface area contributed by atoms with Crippen LogP contribution in [0.1, 0.15) is 12.8 Å². The summed E-state index contributed by atoms with van der Waals surface area (Å²) in [5, 5.41) is 13.5. The van der Waals surface area contributed by atoms with Gasteiger partial charge in [0.2, 0.25) is 11.8 Å². The summed E-state index contributed by atoms with van der Waals surface area (Å²) in [5.41, 5.74) is 2.76. The molecule has 1 unspecified atom stereocenters. The van der Waals surface area contributed by atoms with E-state index in [2.05, 4.69) is 10.3 Å². The van der Waals surface area contributed by atoms with E-state index < -0.39 is 6.23 Å². The molecule has 1 aromatic carbocycles. The van der Waals surface area contributed by atoms with Crippen molar-refractivity contribution >= 4 is 23.0 Å². The minimum absolute atomic E-state index is 0.131. The molecule has 7 nitrogen and oxygen atoms in total. The lowest BCUT2D eigenvalue weighted by Crippen LogP contribution is -2.47. The first-order valence-corrected chi connectivity index (χ1v) is 9.08. The monoisotopic (exact) mass is 384 g/mol. The smallest absolute Gasteiger partial charge is 0.226 e. The number of methoxy groups -OCH3 is 1. The number of nitrogens with zero attached hydrogens (tertiary/aromatic N) is 3. The summed E-state index contributed by atoms with van der Waals surface area (Å²) in [6, 6.07) is 7.88. The van der Waals surface area contributed by atoms with Crippen molar-refractivity contribution in [2.24, 2.45) is 0 Å². The van der Waals surface area contributed by atoms with Gasteiger partial charge in [0.25, 0.3) is 0 Å². The van der Waals surface area contributed by atoms with E-state index in [4.69, 9.17) is 4.74 Å². The molecule has 1 aromatic heterocycles. The lowest BCUT2D eigenvalue weighted by Gasteiger charge is -2.42. The molecule has 0 fully saturated rings. The summed E-state index contributed by atoms with van der Waals surface area (Å²) in [6.07, 6.45) is 3.53. The molecule has 28 heavy (non-hydrogen) atoms. The van der Waals surface area contributed by atoms with Crippen LogP contribution in [0, 0.1) is 5.82 Å². The third-order valence-corrected chi connectivity index (χ3v) is 4.92. The highest BCUT2D eigenvalue weighted by atomic mass is 19.1. The summed E-state index contributed by atoms with van der Waals surface area (Å²) in [4.78, 5) is 20.1. The Bertz CT molecular complexity index is 916. The first-order valence-electron chi connectivity index (χ1n) is 9.08. The van der Waals surface area contributed by atoms with Crippen LogP contribution in [0.15, 0.2) is 48.3 Å². The van der Waals surface area contributed by atoms with Gasteiger partial charge in [-0.25, -0.2) is 9.37 Å². The van der Waals surface area contributed by atoms with Crippen molar-refractivity contribution < 1.29 is 19.0 Å². The Labute approximate surface area is 162 Å². The summed E-state index contributed by atoms with van der Waals surface area (Å²) >= 11 is 0. The molecule has 0 saturated heterocycles. The van der Waals surface area contributed by atoms with Gasteiger partial charge in [0.05, 0.1) is 36.1 Å². The van der Waals surface area contributed by atoms with E-state index in [1.165, 1.54) is 25.4 Å². The number of hydrogen-bond donors (Lipinski definition) is 2. The van der Waals surface area contributed by atoms with Crippen molar-refractivity contribution in [1.82, 2.24) is 4.98 Å². The van der Waals surface area contributed by atoms with Crippen LogP contribution >= 0.6 is 0 Å². The van der Waals surface area contributed by atoms with E-state index in [1.807, 2.05) is 11.0 Å². The Morgan fingerprint density at radius 3 is 2.96 bits per heavy atom. The maximum absolute atomic E-state index is 13.8. The molecule has 2 N–H and O–H groups in total. The fourth-order valence-electron chi connectivity index (χ4n) is 3.59. The highest BCUT2D eigenvalue weighted by Gasteiger charge is 2.35. The standard InChI is InChI=1S/C20H21FN4O3/c1-28-19-7-5-14(12-22-19)23-18(26)8-10-25-17-11-13(21)4-6-15(17)24-9-2-3-16(24)20(25)27/h3-7,11-12,20,27H,2,8-10H2,1H3,(H,23,26). The molecule has 0 spiro atoms. The number of carbonyl (C=O) groups is 1. The summed E-state index contributed by atoms with van der Waals surface area (Å²) in [6.45, 7) is 1.00. The predicted octanol–water partition coefficient (Wildman–Crippen LogP) is 2.49. The topological polar surface area (TPSA) is 77.9 Å². The molecule has 0 aliphatic carbocycles. The number of amides is 1. The Balaban J connectivity index is 1.48. The second-order valence-corrected chi connectivity index (χ2v) is 6.66. The molecule has 0 saturated carbocycles. The van der Waals surface area contributed by atoms with Gasteiger partial charge in [0, 0.05) is 25.6 Å². The molecule has 1 atom stereocenters. The van der Waals surface area contributed by atoms with E-state index in [-0.39, 0.29) is 24.7 Å². The van der Waals surface area contributed by atoms with Crippen molar-refractivity contribution in [3.05, 3.63) is 54.1 Å². The highest BCUT2D eigenvalue weighted by molar-refractivity contribution is 5.91. The largest absolute Gasteiger partial charge is 0.481 e. The minimum atomic E-state index is -0.910. The van der Waals surface area contributed by atoms with E-state index >= 15 is 0 Å². The van der Waals surface area contributed by atoms with Crippen LogP contribution < -0.4 is 19.9 Å². The molecule has 0 bridgehead atoms. The highest BCUT2D eigenvalue weighted by Crippen LogP contribution is 2.42. The second kappa shape index (κ2) is 7.47. The molecule has 2 aliphatic heterocycles. The van der Waals surface area contributed by atoms with Gasteiger partial charge in [-0.2, -0.15) is 0 Å². The van der Waals surface area contributed by atoms with E-state index in [0.717, 1.165) is 24.4 Å². The van der Waals surface area contributed by atoms with Crippen LogP contribution in [0.2, 0.25) is 0 Å². The van der Waals surface area contributed by atoms with Gasteiger partial charge in [-0.15, -0.1) is 0 Å². The van der Waals surface area contributed by atoms with Gasteiger partial charge < -0.3 is 25.0 Å². The van der Waals surface area contributed by atoms with E-state index in [1.54, 1.807) is 23.1 Å². The van der Waals surface area contributed by atoms with Crippen molar-refractivity contribution in [3.63, 3.8) is 0 Å². The van der Waals surface area contributed by atoms with Gasteiger partial charge in [0.1, 0.15) is 5.82 Å². The number of pyridine rings is 1. The lowest BCUT2D eigenvalue weighted by molar-refractivity contribution is -0.116. The third kappa shape index (κ3) is 3.38. The van der Waals surface area contributed by atoms with Crippen LogP contribution in [-0.2, 0) is 4.79 Å². The summed E-state index contributed by atoms with van der Waals surface area (Å²) in [7, 11) is 1.52. The maximum Gasteiger partial charge on any atom is 0.226 e. The fourth-order valence-corrected chi connectivity index (χ4v) is 3.59. The third-order valence-electron chi connectivity index (χ3n) is 4.92. The number of aliphatic hydroxyl groups excluding tert-OH is 1. The minimum Gasteiger partial charge on any atom is -0.481 e. The SMILES string of the molecule is COc1ccc(NC(=O)CCN2c3cc(F)ccc3N3CCC=C3C2O)cn1. The molecule has 0 radical (unpaired) electrons. The Morgan fingerprint density at radius 2 is 2.21 bits per heavy atom. The maximum atomic E-state index is 13.8. The Hall–Kier alpha value is -3.13. The predicted molar refractivity (Wildman–Crippen MR) is 104 cm³/mol. The fraction of sp³-hybridized carbons (Fsp3) is 0.300. The molecular weight excluding hydrogens is 363 g/mol. The zero-order valence-electron chi connectivity index (χ0n) is 15.4. The van der Waals surface area contributed by atoms with E-state index in [9.17, 15) is 14.3 Å². The number of aromatic nitrogens is 1. The summed E-state index contributed by atoms with van der Waals surface area (Å²) < 4.78 is 18.8. The zero-order valence-corrected chi connectivity index (χ0v) is 15.4. The average molecular weight is 384 g/mol. The number of aliphatic hydroxyl groups is 1. The van der Waals surface area contributed by atoms with Crippen molar-refractivity contribution in [2.45, 2.75) is 19.1 Å². The number of carbonyl (C=O) groups excluding carboxylic acids is 1. The van der Waals surface area contributed by atoms with Crippen LogP contribution in [0.4, 0.5) is 21.5 Å². The first kappa shape index (κ1) is 18.2. The number of benzene rings is 1. The zero-order chi connectivity index (χ0) is 19.7. The van der Waals surface area contributed by atoms with Crippen molar-refractivity contribution in [1.29, 1.82) is 0 Å². The Kier molecular flexibility index (Phi) is 4.87. The Morgan fingerprint density at radius 1 is 1.36 bits per heavy atom. The lowest BCUT2D eigenvalue weighted by atomic mass is 10.1. The van der Waals surface area contributed by atoms with Gasteiger partial charge in [-0.3, -0.25) is 4.79 Å². The van der Waals surface area contributed by atoms with Gasteiger partial charge >= 0.3 is 0 Å². The van der Waals surface area contributed by atoms with Crippen LogP contribution in [0.5, 0.6) is 5.88 Å². The number of ether oxygens (including phenoxy) is 1. The number of rotatable bonds is 5. The number of halogens is 1. The van der Waals surface area contributed by atoms with Gasteiger partial charge in [-0.05, 0) is 30.7 Å². The number of fused-ring (bicyclic) bond motifs is 3. The molecule has 3 heterocycles. The molecule has 2 aromatic rings. The number of hydrogen-bond acceptors (Lipinski definition) is 6. The average Bonchev–Trinajstić information content (AvgIpc) is 3.18. The number of anilines is 3. The van der Waals surface area contributed by atoms with Gasteiger partial charge in [0.15, 0.2) is 6.23 Å². The number of nitrogens with one attached hydrogen (secondary N) is 1. The molecule has 4 rings (SSSR count). The normalized spacial score (nSPS) is 17.7. The molecular formula is C20H21FN4O3. The van der Waals surface area contributed by atoms with Crippen LogP contribution in [0.25, 0.3) is 0 Å². The first-order chi connectivity index (χ1) is 13.6. The van der Waals surface area contributed by atoms with Crippen molar-refractivity contribution in [2.75, 3.05) is 35.3 Å². The van der Waals surface area contributed by atoms with Crippen LogP contribution in [0.3, 0.4) is 0 Å². The molecule has 1 amide bonds. The van der Waals surface area contributed by atoms with E-state index in [0.29, 0.717) is 17.3 Å². The molecule has 8 heteroatoms. The van der Waals surface area contributed by atoms with Crippen LogP contribution in [-0.4, -0.2) is 42.4 Å². The molecule has 2 aliphatic rings. The summed E-state index contributed by atoms with van der Waals surface area (Å²) in [5.74, 6) is -0.140. The quantitative estimate of drug-likeness (QED) is 0.825. The van der Waals surface area contributed by atoms with Crippen molar-refractivity contribution in [3.8, 4) is 5.88 Å². The second-order valence-electron chi connectivity index (χ2n) is 6.66.